The molecule has 0 bridgehead atoms. The van der Waals surface area contributed by atoms with Crippen molar-refractivity contribution in [2.75, 3.05) is 19.5 Å². The largest absolute Gasteiger partial charge is 0.497 e. The number of rotatable bonds is 4. The zero-order valence-electron chi connectivity index (χ0n) is 13.0. The second-order valence-electron chi connectivity index (χ2n) is 5.08. The zero-order chi connectivity index (χ0) is 16.2. The second-order valence-corrected chi connectivity index (χ2v) is 5.08. The lowest BCUT2D eigenvalue weighted by atomic mass is 10.1. The Morgan fingerprint density at radius 3 is 2.39 bits per heavy atom. The number of anilines is 1. The Labute approximate surface area is 134 Å². The Kier molecular flexibility index (Phi) is 4.15. The normalized spacial score (nSPS) is 10.3. The van der Waals surface area contributed by atoms with Gasteiger partial charge in [-0.25, -0.2) is 0 Å². The third kappa shape index (κ3) is 3.11. The zero-order valence-corrected chi connectivity index (χ0v) is 13.0. The molecule has 1 N–H and O–H groups in total. The lowest BCUT2D eigenvalue weighted by molar-refractivity contribution is 0.102. The number of hydrogen-bond donors (Lipinski definition) is 1. The molecule has 0 aromatic heterocycles. The van der Waals surface area contributed by atoms with E-state index in [0.29, 0.717) is 17.1 Å². The molecule has 0 fully saturated rings. The molecular weight excluding hydrogens is 290 g/mol. The molecular formula is C19H17NO3. The number of fused-ring (bicyclic) bond motifs is 1. The first kappa shape index (κ1) is 14.9. The van der Waals surface area contributed by atoms with E-state index in [2.05, 4.69) is 5.32 Å². The second kappa shape index (κ2) is 6.40. The Hall–Kier alpha value is -3.01. The maximum absolute atomic E-state index is 12.6. The number of amides is 1. The third-order valence-corrected chi connectivity index (χ3v) is 3.66. The van der Waals surface area contributed by atoms with Crippen LogP contribution in [-0.2, 0) is 0 Å². The van der Waals surface area contributed by atoms with Crippen LogP contribution in [-0.4, -0.2) is 20.1 Å². The first-order chi connectivity index (χ1) is 11.2. The van der Waals surface area contributed by atoms with Gasteiger partial charge in [0.05, 0.1) is 19.8 Å². The standard InChI is InChI=1S/C19H17NO3/c1-22-16-9-10-18(23-2)17(12-16)19(21)20-15-8-7-13-5-3-4-6-14(13)11-15/h3-12H,1-2H3,(H,20,21). The monoisotopic (exact) mass is 307 g/mol. The summed E-state index contributed by atoms with van der Waals surface area (Å²) in [6, 6.07) is 18.9. The number of nitrogens with one attached hydrogen (secondary N) is 1. The van der Waals surface area contributed by atoms with Crippen LogP contribution in [0, 0.1) is 0 Å². The van der Waals surface area contributed by atoms with Crippen molar-refractivity contribution in [2.24, 2.45) is 0 Å². The van der Waals surface area contributed by atoms with Crippen molar-refractivity contribution in [3.05, 3.63) is 66.2 Å². The summed E-state index contributed by atoms with van der Waals surface area (Å²) >= 11 is 0. The summed E-state index contributed by atoms with van der Waals surface area (Å²) < 4.78 is 10.4. The molecule has 1 amide bonds. The average molecular weight is 307 g/mol. The Morgan fingerprint density at radius 2 is 1.65 bits per heavy atom. The molecule has 4 nitrogen and oxygen atoms in total. The fraction of sp³-hybridized carbons (Fsp3) is 0.105. The molecule has 4 heteroatoms. The van der Waals surface area contributed by atoms with Gasteiger partial charge in [-0.05, 0) is 41.1 Å². The van der Waals surface area contributed by atoms with E-state index in [1.807, 2.05) is 42.5 Å². The predicted molar refractivity (Wildman–Crippen MR) is 91.4 cm³/mol. The number of benzene rings is 3. The Morgan fingerprint density at radius 1 is 0.870 bits per heavy atom. The molecule has 23 heavy (non-hydrogen) atoms. The number of ether oxygens (including phenoxy) is 2. The molecule has 0 radical (unpaired) electrons. The van der Waals surface area contributed by atoms with Crippen LogP contribution in [0.3, 0.4) is 0 Å². The molecule has 0 aliphatic carbocycles. The quantitative estimate of drug-likeness (QED) is 0.789. The molecule has 0 aliphatic heterocycles. The smallest absolute Gasteiger partial charge is 0.259 e. The summed E-state index contributed by atoms with van der Waals surface area (Å²) in [5, 5.41) is 5.10. The van der Waals surface area contributed by atoms with Crippen molar-refractivity contribution in [3.63, 3.8) is 0 Å². The Bertz CT molecular complexity index is 858. The van der Waals surface area contributed by atoms with Gasteiger partial charge in [-0.3, -0.25) is 4.79 Å². The summed E-state index contributed by atoms with van der Waals surface area (Å²) in [7, 11) is 3.10. The van der Waals surface area contributed by atoms with Gasteiger partial charge in [0.1, 0.15) is 11.5 Å². The minimum Gasteiger partial charge on any atom is -0.497 e. The molecule has 3 aromatic rings. The van der Waals surface area contributed by atoms with Crippen molar-refractivity contribution in [2.45, 2.75) is 0 Å². The van der Waals surface area contributed by atoms with Crippen LogP contribution >= 0.6 is 0 Å². The van der Waals surface area contributed by atoms with Crippen molar-refractivity contribution >= 4 is 22.4 Å². The van der Waals surface area contributed by atoms with Gasteiger partial charge in [0.25, 0.3) is 5.91 Å². The van der Waals surface area contributed by atoms with Gasteiger partial charge < -0.3 is 14.8 Å². The number of methoxy groups -OCH3 is 2. The first-order valence-corrected chi connectivity index (χ1v) is 7.23. The Balaban J connectivity index is 1.91. The molecule has 0 aliphatic rings. The molecule has 0 heterocycles. The summed E-state index contributed by atoms with van der Waals surface area (Å²) in [5.41, 5.74) is 1.17. The summed E-state index contributed by atoms with van der Waals surface area (Å²) in [6.07, 6.45) is 0. The molecule has 3 rings (SSSR count). The molecule has 0 saturated carbocycles. The number of carbonyl (C=O) groups is 1. The number of carbonyl (C=O) groups excluding carboxylic acids is 1. The SMILES string of the molecule is COc1ccc(OC)c(C(=O)Nc2ccc3ccccc3c2)c1. The molecule has 116 valence electrons. The highest BCUT2D eigenvalue weighted by Gasteiger charge is 2.14. The van der Waals surface area contributed by atoms with Gasteiger partial charge >= 0.3 is 0 Å². The van der Waals surface area contributed by atoms with Crippen LogP contribution in [0.2, 0.25) is 0 Å². The van der Waals surface area contributed by atoms with E-state index < -0.39 is 0 Å². The molecule has 0 atom stereocenters. The van der Waals surface area contributed by atoms with E-state index in [1.54, 1.807) is 25.3 Å². The van der Waals surface area contributed by atoms with Crippen LogP contribution in [0.15, 0.2) is 60.7 Å². The fourth-order valence-electron chi connectivity index (χ4n) is 2.46. The van der Waals surface area contributed by atoms with Gasteiger partial charge in [-0.15, -0.1) is 0 Å². The van der Waals surface area contributed by atoms with Gasteiger partial charge in [-0.2, -0.15) is 0 Å². The highest BCUT2D eigenvalue weighted by molar-refractivity contribution is 6.07. The lowest BCUT2D eigenvalue weighted by Crippen LogP contribution is -2.13. The van der Waals surface area contributed by atoms with Crippen molar-refractivity contribution < 1.29 is 14.3 Å². The van der Waals surface area contributed by atoms with Gasteiger partial charge in [0.2, 0.25) is 0 Å². The van der Waals surface area contributed by atoms with E-state index in [0.717, 1.165) is 16.5 Å². The highest BCUT2D eigenvalue weighted by Crippen LogP contribution is 2.26. The van der Waals surface area contributed by atoms with E-state index in [4.69, 9.17) is 9.47 Å². The predicted octanol–water partition coefficient (Wildman–Crippen LogP) is 4.11. The third-order valence-electron chi connectivity index (χ3n) is 3.66. The summed E-state index contributed by atoms with van der Waals surface area (Å²) in [4.78, 5) is 12.6. The topological polar surface area (TPSA) is 47.6 Å². The van der Waals surface area contributed by atoms with Crippen molar-refractivity contribution in [1.29, 1.82) is 0 Å². The first-order valence-electron chi connectivity index (χ1n) is 7.23. The maximum Gasteiger partial charge on any atom is 0.259 e. The number of hydrogen-bond acceptors (Lipinski definition) is 3. The minimum absolute atomic E-state index is 0.240. The molecule has 0 saturated heterocycles. The van der Waals surface area contributed by atoms with Crippen LogP contribution in [0.4, 0.5) is 5.69 Å². The minimum atomic E-state index is -0.240. The van der Waals surface area contributed by atoms with Gasteiger partial charge in [-0.1, -0.05) is 30.3 Å². The molecule has 3 aromatic carbocycles. The lowest BCUT2D eigenvalue weighted by Gasteiger charge is -2.11. The van der Waals surface area contributed by atoms with Crippen LogP contribution in [0.25, 0.3) is 10.8 Å². The van der Waals surface area contributed by atoms with E-state index in [-0.39, 0.29) is 5.91 Å². The van der Waals surface area contributed by atoms with Gasteiger partial charge in [0, 0.05) is 5.69 Å². The average Bonchev–Trinajstić information content (AvgIpc) is 2.61. The maximum atomic E-state index is 12.6. The van der Waals surface area contributed by atoms with Crippen molar-refractivity contribution in [3.8, 4) is 11.5 Å². The van der Waals surface area contributed by atoms with Crippen LogP contribution in [0.1, 0.15) is 10.4 Å². The highest BCUT2D eigenvalue weighted by atomic mass is 16.5. The van der Waals surface area contributed by atoms with Crippen LogP contribution in [0.5, 0.6) is 11.5 Å². The fourth-order valence-corrected chi connectivity index (χ4v) is 2.46. The van der Waals surface area contributed by atoms with E-state index in [9.17, 15) is 4.79 Å². The van der Waals surface area contributed by atoms with Crippen LogP contribution < -0.4 is 14.8 Å². The van der Waals surface area contributed by atoms with E-state index >= 15 is 0 Å². The van der Waals surface area contributed by atoms with Gasteiger partial charge in [0.15, 0.2) is 0 Å². The van der Waals surface area contributed by atoms with E-state index in [1.165, 1.54) is 7.11 Å². The molecule has 0 unspecified atom stereocenters. The summed E-state index contributed by atoms with van der Waals surface area (Å²) in [5.74, 6) is 0.870. The molecule has 0 spiro atoms. The van der Waals surface area contributed by atoms with Crippen molar-refractivity contribution in [1.82, 2.24) is 0 Å². The summed E-state index contributed by atoms with van der Waals surface area (Å²) in [6.45, 7) is 0.